The minimum Gasteiger partial charge on any atom is -0.507 e. The predicted octanol–water partition coefficient (Wildman–Crippen LogP) is 6.84. The van der Waals surface area contributed by atoms with Gasteiger partial charge in [-0.25, -0.2) is 4.98 Å². The molecule has 0 saturated carbocycles. The number of benzene rings is 4. The van der Waals surface area contributed by atoms with Gasteiger partial charge in [0, 0.05) is 6.21 Å². The number of rotatable bonds is 6. The Hall–Kier alpha value is -4.38. The summed E-state index contributed by atoms with van der Waals surface area (Å²) < 4.78 is 11.7. The van der Waals surface area contributed by atoms with Gasteiger partial charge in [-0.2, -0.15) is 0 Å². The van der Waals surface area contributed by atoms with Crippen LogP contribution in [0.4, 0.5) is 5.69 Å². The van der Waals surface area contributed by atoms with Crippen molar-refractivity contribution in [3.63, 3.8) is 0 Å². The Morgan fingerprint density at radius 3 is 2.58 bits per heavy atom. The Bertz CT molecular complexity index is 1420. The second kappa shape index (κ2) is 9.01. The summed E-state index contributed by atoms with van der Waals surface area (Å²) in [5.41, 5.74) is 5.79. The number of phenols is 1. The summed E-state index contributed by atoms with van der Waals surface area (Å²) in [4.78, 5) is 9.07. The van der Waals surface area contributed by atoms with Crippen molar-refractivity contribution in [2.45, 2.75) is 13.5 Å². The van der Waals surface area contributed by atoms with Crippen LogP contribution in [0.3, 0.4) is 0 Å². The van der Waals surface area contributed by atoms with Crippen molar-refractivity contribution in [1.82, 2.24) is 4.98 Å². The zero-order chi connectivity index (χ0) is 22.6. The first-order chi connectivity index (χ1) is 16.1. The lowest BCUT2D eigenvalue weighted by atomic mass is 10.1. The van der Waals surface area contributed by atoms with E-state index >= 15 is 0 Å². The van der Waals surface area contributed by atoms with E-state index in [0.717, 1.165) is 28.0 Å². The number of oxazole rings is 1. The third-order valence-corrected chi connectivity index (χ3v) is 5.24. The third kappa shape index (κ3) is 4.77. The van der Waals surface area contributed by atoms with Crippen molar-refractivity contribution in [2.75, 3.05) is 0 Å². The van der Waals surface area contributed by atoms with Crippen molar-refractivity contribution in [1.29, 1.82) is 0 Å². The molecule has 0 unspecified atom stereocenters. The van der Waals surface area contributed by atoms with Crippen LogP contribution in [-0.4, -0.2) is 16.3 Å². The number of aryl methyl sites for hydroxylation is 1. The summed E-state index contributed by atoms with van der Waals surface area (Å²) in [6.07, 6.45) is 1.77. The number of hydrogen-bond acceptors (Lipinski definition) is 5. The van der Waals surface area contributed by atoms with Crippen LogP contribution in [0.15, 0.2) is 100 Å². The van der Waals surface area contributed by atoms with Crippen LogP contribution in [0.25, 0.3) is 22.6 Å². The van der Waals surface area contributed by atoms with E-state index in [0.29, 0.717) is 29.3 Å². The molecule has 5 rings (SSSR count). The van der Waals surface area contributed by atoms with Crippen molar-refractivity contribution in [3.8, 4) is 23.0 Å². The molecule has 33 heavy (non-hydrogen) atoms. The molecule has 1 aromatic heterocycles. The second-order valence-corrected chi connectivity index (χ2v) is 7.79. The molecule has 0 amide bonds. The van der Waals surface area contributed by atoms with Crippen LogP contribution in [0.5, 0.6) is 11.5 Å². The third-order valence-electron chi connectivity index (χ3n) is 5.24. The minimum atomic E-state index is 0.0946. The van der Waals surface area contributed by atoms with Crippen molar-refractivity contribution in [3.05, 3.63) is 108 Å². The van der Waals surface area contributed by atoms with Crippen molar-refractivity contribution >= 4 is 23.0 Å². The smallest absolute Gasteiger partial charge is 0.231 e. The first kappa shape index (κ1) is 20.5. The maximum Gasteiger partial charge on any atom is 0.231 e. The van der Waals surface area contributed by atoms with E-state index in [1.54, 1.807) is 24.4 Å². The predicted molar refractivity (Wildman–Crippen MR) is 130 cm³/mol. The maximum atomic E-state index is 10.4. The number of nitrogens with zero attached hydrogens (tertiary/aromatic N) is 2. The molecule has 4 aromatic carbocycles. The van der Waals surface area contributed by atoms with Crippen LogP contribution in [0.2, 0.25) is 0 Å². The highest BCUT2D eigenvalue weighted by Crippen LogP contribution is 2.34. The Morgan fingerprint density at radius 2 is 1.76 bits per heavy atom. The van der Waals surface area contributed by atoms with Gasteiger partial charge in [-0.15, -0.1) is 0 Å². The first-order valence-corrected chi connectivity index (χ1v) is 10.7. The Morgan fingerprint density at radius 1 is 0.939 bits per heavy atom. The standard InChI is InChI=1S/C28H22N2O3/c1-19-7-14-27-25(15-19)30-28(33-27)24-16-22(10-13-26(24)31)29-17-20-8-11-23(12-9-20)32-18-21-5-3-2-4-6-21/h2-17,31H,18H2,1H3. The van der Waals surface area contributed by atoms with E-state index < -0.39 is 0 Å². The number of fused-ring (bicyclic) bond motifs is 1. The summed E-state index contributed by atoms with van der Waals surface area (Å²) in [5.74, 6) is 1.26. The van der Waals surface area contributed by atoms with Gasteiger partial charge in [0.05, 0.1) is 11.3 Å². The first-order valence-electron chi connectivity index (χ1n) is 10.7. The van der Waals surface area contributed by atoms with Gasteiger partial charge in [0.1, 0.15) is 23.6 Å². The van der Waals surface area contributed by atoms with E-state index in [4.69, 9.17) is 9.15 Å². The fourth-order valence-corrected chi connectivity index (χ4v) is 3.47. The molecule has 0 fully saturated rings. The lowest BCUT2D eigenvalue weighted by Crippen LogP contribution is -1.94. The lowest BCUT2D eigenvalue weighted by Gasteiger charge is -2.06. The molecule has 162 valence electrons. The zero-order valence-corrected chi connectivity index (χ0v) is 18.1. The van der Waals surface area contributed by atoms with Gasteiger partial charge in [-0.1, -0.05) is 36.4 Å². The molecule has 0 aliphatic carbocycles. The summed E-state index contributed by atoms with van der Waals surface area (Å²) in [5, 5.41) is 10.4. The quantitative estimate of drug-likeness (QED) is 0.297. The van der Waals surface area contributed by atoms with E-state index in [1.807, 2.05) is 79.7 Å². The number of hydrogen-bond donors (Lipinski definition) is 1. The molecule has 5 heteroatoms. The zero-order valence-electron chi connectivity index (χ0n) is 18.1. The molecule has 0 aliphatic heterocycles. The highest BCUT2D eigenvalue weighted by atomic mass is 16.5. The number of aliphatic imine (C=N–C) groups is 1. The highest BCUT2D eigenvalue weighted by Gasteiger charge is 2.13. The van der Waals surface area contributed by atoms with E-state index in [9.17, 15) is 5.11 Å². The Labute approximate surface area is 191 Å². The monoisotopic (exact) mass is 434 g/mol. The number of aromatic nitrogens is 1. The molecule has 0 aliphatic rings. The van der Waals surface area contributed by atoms with Crippen LogP contribution in [0, 0.1) is 6.92 Å². The SMILES string of the molecule is Cc1ccc2oc(-c3cc(N=Cc4ccc(OCc5ccccc5)cc4)ccc3O)nc2c1. The Balaban J connectivity index is 1.31. The van der Waals surface area contributed by atoms with Gasteiger partial charge in [-0.05, 0) is 78.2 Å². The highest BCUT2D eigenvalue weighted by molar-refractivity contribution is 5.83. The Kier molecular flexibility index (Phi) is 5.60. The fraction of sp³-hybridized carbons (Fsp3) is 0.0714. The van der Waals surface area contributed by atoms with Gasteiger partial charge in [-0.3, -0.25) is 4.99 Å². The molecular weight excluding hydrogens is 412 g/mol. The van der Waals surface area contributed by atoms with Crippen molar-refractivity contribution in [2.24, 2.45) is 4.99 Å². The van der Waals surface area contributed by atoms with Crippen LogP contribution >= 0.6 is 0 Å². The van der Waals surface area contributed by atoms with Gasteiger partial charge < -0.3 is 14.3 Å². The fourth-order valence-electron chi connectivity index (χ4n) is 3.47. The molecular formula is C28H22N2O3. The van der Waals surface area contributed by atoms with E-state index in [1.165, 1.54) is 0 Å². The van der Waals surface area contributed by atoms with Crippen LogP contribution < -0.4 is 4.74 Å². The molecule has 0 saturated heterocycles. The van der Waals surface area contributed by atoms with Gasteiger partial charge >= 0.3 is 0 Å². The topological polar surface area (TPSA) is 67.9 Å². The van der Waals surface area contributed by atoms with E-state index in [2.05, 4.69) is 9.98 Å². The molecule has 0 bridgehead atoms. The van der Waals surface area contributed by atoms with E-state index in [-0.39, 0.29) is 5.75 Å². The summed E-state index contributed by atoms with van der Waals surface area (Å²) in [7, 11) is 0. The molecule has 5 nitrogen and oxygen atoms in total. The molecule has 0 radical (unpaired) electrons. The normalized spacial score (nSPS) is 11.3. The lowest BCUT2D eigenvalue weighted by molar-refractivity contribution is 0.306. The van der Waals surface area contributed by atoms with Gasteiger partial charge in [0.25, 0.3) is 0 Å². The summed E-state index contributed by atoms with van der Waals surface area (Å²) >= 11 is 0. The minimum absolute atomic E-state index is 0.0946. The number of aromatic hydroxyl groups is 1. The second-order valence-electron chi connectivity index (χ2n) is 7.79. The molecule has 0 atom stereocenters. The summed E-state index contributed by atoms with van der Waals surface area (Å²) in [6, 6.07) is 28.7. The molecule has 0 spiro atoms. The molecule has 1 heterocycles. The largest absolute Gasteiger partial charge is 0.507 e. The van der Waals surface area contributed by atoms with Crippen LogP contribution in [0.1, 0.15) is 16.7 Å². The molecule has 1 N–H and O–H groups in total. The molecule has 5 aromatic rings. The maximum absolute atomic E-state index is 10.4. The van der Waals surface area contributed by atoms with Crippen molar-refractivity contribution < 1.29 is 14.3 Å². The number of ether oxygens (including phenoxy) is 1. The number of phenolic OH excluding ortho intramolecular Hbond substituents is 1. The van der Waals surface area contributed by atoms with Crippen LogP contribution in [-0.2, 0) is 6.61 Å². The van der Waals surface area contributed by atoms with Gasteiger partial charge in [0.15, 0.2) is 5.58 Å². The average Bonchev–Trinajstić information content (AvgIpc) is 3.26. The summed E-state index contributed by atoms with van der Waals surface area (Å²) in [6.45, 7) is 2.53. The average molecular weight is 434 g/mol. The van der Waals surface area contributed by atoms with Gasteiger partial charge in [0.2, 0.25) is 5.89 Å².